The van der Waals surface area contributed by atoms with E-state index in [1.807, 2.05) is 29.6 Å². The minimum Gasteiger partial charge on any atom is -0.277 e. The Kier molecular flexibility index (Phi) is 5.48. The van der Waals surface area contributed by atoms with Crippen molar-refractivity contribution in [3.63, 3.8) is 0 Å². The Morgan fingerprint density at radius 2 is 2.14 bits per heavy atom. The quantitative estimate of drug-likeness (QED) is 0.631. The Hall–Kier alpha value is -1.71. The van der Waals surface area contributed by atoms with Crippen LogP contribution in [0.15, 0.2) is 39.2 Å². The first-order valence-corrected chi connectivity index (χ1v) is 8.20. The highest BCUT2D eigenvalue weighted by Crippen LogP contribution is 2.16. The largest absolute Gasteiger partial charge is 0.277 e. The van der Waals surface area contributed by atoms with Crippen LogP contribution in [-0.2, 0) is 6.42 Å². The Bertz CT molecular complexity index is 668. The number of nitriles is 1. The second-order valence-electron chi connectivity index (χ2n) is 4.93. The number of anilines is 1. The van der Waals surface area contributed by atoms with Crippen LogP contribution in [-0.4, -0.2) is 10.7 Å². The summed E-state index contributed by atoms with van der Waals surface area (Å²) in [6.45, 7) is 4.29. The molecule has 0 amide bonds. The first-order chi connectivity index (χ1) is 10.1. The molecule has 1 aromatic carbocycles. The maximum absolute atomic E-state index is 9.23. The summed E-state index contributed by atoms with van der Waals surface area (Å²) in [7, 11) is 0. The SMILES string of the molecule is CC(C)Cc1csc(C(C#N)=NNc2ccc(Br)cc2)n1. The van der Waals surface area contributed by atoms with Gasteiger partial charge in [0.1, 0.15) is 6.07 Å². The van der Waals surface area contributed by atoms with Crippen molar-refractivity contribution >= 4 is 38.7 Å². The first-order valence-electron chi connectivity index (χ1n) is 6.52. The molecule has 0 aliphatic heterocycles. The molecule has 6 heteroatoms. The second kappa shape index (κ2) is 7.34. The van der Waals surface area contributed by atoms with E-state index >= 15 is 0 Å². The lowest BCUT2D eigenvalue weighted by Crippen LogP contribution is -2.02. The standard InChI is InChI=1S/C15H15BrN4S/c1-10(2)7-13-9-21-15(18-13)14(8-17)20-19-12-5-3-11(16)4-6-12/h3-6,9-10,19H,7H2,1-2H3. The highest BCUT2D eigenvalue weighted by molar-refractivity contribution is 9.10. The second-order valence-corrected chi connectivity index (χ2v) is 6.71. The summed E-state index contributed by atoms with van der Waals surface area (Å²) in [5, 5.41) is 16.0. The van der Waals surface area contributed by atoms with E-state index in [9.17, 15) is 5.26 Å². The number of nitrogens with zero attached hydrogens (tertiary/aromatic N) is 3. The van der Waals surface area contributed by atoms with Gasteiger partial charge in [-0.3, -0.25) is 5.43 Å². The van der Waals surface area contributed by atoms with Crippen LogP contribution in [0.1, 0.15) is 24.5 Å². The number of halogens is 1. The summed E-state index contributed by atoms with van der Waals surface area (Å²) >= 11 is 4.82. The predicted molar refractivity (Wildman–Crippen MR) is 90.6 cm³/mol. The summed E-state index contributed by atoms with van der Waals surface area (Å²) < 4.78 is 0.996. The number of aromatic nitrogens is 1. The lowest BCUT2D eigenvalue weighted by atomic mass is 10.1. The molecule has 1 aromatic heterocycles. The van der Waals surface area contributed by atoms with Crippen molar-refractivity contribution in [1.82, 2.24) is 4.98 Å². The van der Waals surface area contributed by atoms with Gasteiger partial charge in [-0.15, -0.1) is 11.3 Å². The molecule has 0 unspecified atom stereocenters. The fourth-order valence-corrected chi connectivity index (χ4v) is 2.73. The molecule has 0 saturated heterocycles. The average Bonchev–Trinajstić information content (AvgIpc) is 2.89. The van der Waals surface area contributed by atoms with Gasteiger partial charge in [0.15, 0.2) is 10.7 Å². The summed E-state index contributed by atoms with van der Waals surface area (Å²) in [4.78, 5) is 4.47. The van der Waals surface area contributed by atoms with Crippen molar-refractivity contribution in [3.05, 3.63) is 44.8 Å². The molecule has 0 bridgehead atoms. The van der Waals surface area contributed by atoms with Gasteiger partial charge in [-0.2, -0.15) is 10.4 Å². The van der Waals surface area contributed by atoms with Gasteiger partial charge in [0.25, 0.3) is 0 Å². The van der Waals surface area contributed by atoms with Gasteiger partial charge < -0.3 is 0 Å². The summed E-state index contributed by atoms with van der Waals surface area (Å²) in [5.74, 6) is 0.545. The first kappa shape index (κ1) is 15.7. The molecule has 0 aliphatic rings. The molecule has 4 nitrogen and oxygen atoms in total. The smallest absolute Gasteiger partial charge is 0.196 e. The van der Waals surface area contributed by atoms with Gasteiger partial charge >= 0.3 is 0 Å². The summed E-state index contributed by atoms with van der Waals surface area (Å²) in [5.41, 5.74) is 5.02. The maximum atomic E-state index is 9.23. The van der Waals surface area contributed by atoms with Crippen LogP contribution in [0.25, 0.3) is 0 Å². The lowest BCUT2D eigenvalue weighted by molar-refractivity contribution is 0.638. The van der Waals surface area contributed by atoms with Gasteiger partial charge in [-0.05, 0) is 36.6 Å². The van der Waals surface area contributed by atoms with Crippen LogP contribution < -0.4 is 5.43 Å². The highest BCUT2D eigenvalue weighted by atomic mass is 79.9. The molecule has 2 aromatic rings. The molecule has 0 atom stereocenters. The van der Waals surface area contributed by atoms with Crippen LogP contribution in [0.5, 0.6) is 0 Å². The topological polar surface area (TPSA) is 61.1 Å². The minimum atomic E-state index is 0.304. The zero-order chi connectivity index (χ0) is 15.2. The van der Waals surface area contributed by atoms with Crippen LogP contribution in [0.3, 0.4) is 0 Å². The molecule has 2 rings (SSSR count). The van der Waals surface area contributed by atoms with Crippen LogP contribution >= 0.6 is 27.3 Å². The Morgan fingerprint density at radius 1 is 1.43 bits per heavy atom. The Balaban J connectivity index is 2.12. The van der Waals surface area contributed by atoms with Gasteiger partial charge in [0.2, 0.25) is 0 Å². The number of hydrogen-bond donors (Lipinski definition) is 1. The summed E-state index contributed by atoms with van der Waals surface area (Å²) in [6, 6.07) is 9.68. The molecule has 1 N–H and O–H groups in total. The third-order valence-corrected chi connectivity index (χ3v) is 4.05. The van der Waals surface area contributed by atoms with Crippen LogP contribution in [0.2, 0.25) is 0 Å². The third-order valence-electron chi connectivity index (χ3n) is 2.62. The van der Waals surface area contributed by atoms with Crippen molar-refractivity contribution in [2.45, 2.75) is 20.3 Å². The van der Waals surface area contributed by atoms with E-state index in [4.69, 9.17) is 0 Å². The molecule has 108 valence electrons. The number of thiazole rings is 1. The molecule has 0 aliphatic carbocycles. The van der Waals surface area contributed by atoms with Gasteiger partial charge in [-0.1, -0.05) is 29.8 Å². The fraction of sp³-hybridized carbons (Fsp3) is 0.267. The normalized spacial score (nSPS) is 11.5. The molecule has 0 spiro atoms. The number of nitrogens with one attached hydrogen (secondary N) is 1. The molecule has 0 fully saturated rings. The van der Waals surface area contributed by atoms with E-state index in [0.29, 0.717) is 16.6 Å². The number of hydrazone groups is 1. The zero-order valence-electron chi connectivity index (χ0n) is 11.8. The monoisotopic (exact) mass is 362 g/mol. The average molecular weight is 363 g/mol. The minimum absolute atomic E-state index is 0.304. The maximum Gasteiger partial charge on any atom is 0.196 e. The van der Waals surface area contributed by atoms with E-state index in [-0.39, 0.29) is 0 Å². The zero-order valence-corrected chi connectivity index (χ0v) is 14.2. The van der Waals surface area contributed by atoms with Gasteiger partial charge in [-0.25, -0.2) is 4.98 Å². The van der Waals surface area contributed by atoms with Crippen molar-refractivity contribution in [2.24, 2.45) is 11.0 Å². The van der Waals surface area contributed by atoms with Crippen molar-refractivity contribution in [3.8, 4) is 6.07 Å². The van der Waals surface area contributed by atoms with Crippen LogP contribution in [0, 0.1) is 17.2 Å². The Labute approximate surface area is 136 Å². The highest BCUT2D eigenvalue weighted by Gasteiger charge is 2.10. The van der Waals surface area contributed by atoms with Crippen molar-refractivity contribution in [2.75, 3.05) is 5.43 Å². The number of rotatable bonds is 5. The molecule has 1 heterocycles. The van der Waals surface area contributed by atoms with E-state index in [1.165, 1.54) is 11.3 Å². The van der Waals surface area contributed by atoms with Crippen molar-refractivity contribution in [1.29, 1.82) is 5.26 Å². The predicted octanol–water partition coefficient (Wildman–Crippen LogP) is 4.44. The van der Waals surface area contributed by atoms with Crippen LogP contribution in [0.4, 0.5) is 5.69 Å². The van der Waals surface area contributed by atoms with E-state index in [2.05, 4.69) is 51.4 Å². The summed E-state index contributed by atoms with van der Waals surface area (Å²) in [6.07, 6.45) is 0.912. The Morgan fingerprint density at radius 3 is 2.76 bits per heavy atom. The number of benzene rings is 1. The molecule has 0 saturated carbocycles. The fourth-order valence-electron chi connectivity index (χ4n) is 1.69. The van der Waals surface area contributed by atoms with E-state index in [1.54, 1.807) is 0 Å². The molecule has 0 radical (unpaired) electrons. The molecule has 21 heavy (non-hydrogen) atoms. The van der Waals surface area contributed by atoms with Crippen molar-refractivity contribution < 1.29 is 0 Å². The van der Waals surface area contributed by atoms with E-state index < -0.39 is 0 Å². The van der Waals surface area contributed by atoms with Gasteiger partial charge in [0, 0.05) is 9.85 Å². The molecular weight excluding hydrogens is 348 g/mol. The van der Waals surface area contributed by atoms with E-state index in [0.717, 1.165) is 22.3 Å². The number of hydrogen-bond acceptors (Lipinski definition) is 5. The van der Waals surface area contributed by atoms with Gasteiger partial charge in [0.05, 0.1) is 11.4 Å². The lowest BCUT2D eigenvalue weighted by Gasteiger charge is -2.01. The third kappa shape index (κ3) is 4.66. The molecular formula is C15H15BrN4S.